The normalized spacial score (nSPS) is 11.4. The van der Waals surface area contributed by atoms with Gasteiger partial charge in [-0.15, -0.1) is 0 Å². The number of anilines is 1. The van der Waals surface area contributed by atoms with Crippen LogP contribution in [-0.4, -0.2) is 27.2 Å². The molecule has 0 fully saturated rings. The Labute approximate surface area is 114 Å². The molecule has 1 aromatic carbocycles. The molecule has 19 heavy (non-hydrogen) atoms. The van der Waals surface area contributed by atoms with E-state index in [1.807, 2.05) is 13.8 Å². The van der Waals surface area contributed by atoms with Crippen molar-refractivity contribution < 1.29 is 17.9 Å². The van der Waals surface area contributed by atoms with Crippen LogP contribution in [0.1, 0.15) is 30.6 Å². The van der Waals surface area contributed by atoms with Crippen molar-refractivity contribution in [1.29, 1.82) is 0 Å². The molecule has 0 radical (unpaired) electrons. The second-order valence-corrected chi connectivity index (χ2v) is 6.49. The summed E-state index contributed by atoms with van der Waals surface area (Å²) in [7, 11) is -3.42. The van der Waals surface area contributed by atoms with Crippen LogP contribution in [0.25, 0.3) is 0 Å². The van der Waals surface area contributed by atoms with Gasteiger partial charge in [-0.2, -0.15) is 0 Å². The summed E-state index contributed by atoms with van der Waals surface area (Å²) >= 11 is 0. The predicted octanol–water partition coefficient (Wildman–Crippen LogP) is 2.26. The Morgan fingerprint density at radius 2 is 1.95 bits per heavy atom. The number of rotatable bonds is 6. The van der Waals surface area contributed by atoms with Gasteiger partial charge in [0.2, 0.25) is 10.0 Å². The molecule has 0 atom stereocenters. The van der Waals surface area contributed by atoms with Crippen LogP contribution in [0.4, 0.5) is 5.69 Å². The van der Waals surface area contributed by atoms with Gasteiger partial charge in [0.15, 0.2) is 0 Å². The Morgan fingerprint density at radius 3 is 2.53 bits per heavy atom. The number of benzene rings is 1. The van der Waals surface area contributed by atoms with Crippen molar-refractivity contribution in [2.45, 2.75) is 20.3 Å². The van der Waals surface area contributed by atoms with Gasteiger partial charge >= 0.3 is 5.97 Å². The van der Waals surface area contributed by atoms with E-state index < -0.39 is 16.0 Å². The number of carbonyl (C=O) groups is 1. The molecule has 0 aliphatic carbocycles. The van der Waals surface area contributed by atoms with Gasteiger partial charge in [-0.1, -0.05) is 26.0 Å². The zero-order valence-electron chi connectivity index (χ0n) is 11.3. The number of carbonyl (C=O) groups excluding carboxylic acids is 1. The zero-order chi connectivity index (χ0) is 14.5. The third-order valence-electron chi connectivity index (χ3n) is 2.37. The van der Waals surface area contributed by atoms with Crippen LogP contribution < -0.4 is 4.72 Å². The number of sulfonamides is 1. The second kappa shape index (κ2) is 6.56. The number of para-hydroxylation sites is 1. The van der Waals surface area contributed by atoms with E-state index in [0.29, 0.717) is 12.5 Å². The molecule has 0 spiro atoms. The standard InChI is InChI=1S/C13H19NO4S/c1-10(2)8-9-18-13(15)11-6-4-5-7-12(11)14-19(3,16)17/h4-7,10,14H,8-9H2,1-3H3. The topological polar surface area (TPSA) is 72.5 Å². The van der Waals surface area contributed by atoms with E-state index in [1.165, 1.54) is 12.1 Å². The minimum Gasteiger partial charge on any atom is -0.462 e. The predicted molar refractivity (Wildman–Crippen MR) is 74.6 cm³/mol. The van der Waals surface area contributed by atoms with E-state index >= 15 is 0 Å². The highest BCUT2D eigenvalue weighted by atomic mass is 32.2. The summed E-state index contributed by atoms with van der Waals surface area (Å²) in [4.78, 5) is 11.9. The van der Waals surface area contributed by atoms with Crippen molar-refractivity contribution in [3.63, 3.8) is 0 Å². The first kappa shape index (κ1) is 15.5. The highest BCUT2D eigenvalue weighted by Crippen LogP contribution is 2.17. The molecule has 106 valence electrons. The number of nitrogens with one attached hydrogen (secondary N) is 1. The average molecular weight is 285 g/mol. The van der Waals surface area contributed by atoms with Gasteiger partial charge in [0.05, 0.1) is 24.1 Å². The molecule has 0 unspecified atom stereocenters. The fraction of sp³-hybridized carbons (Fsp3) is 0.462. The van der Waals surface area contributed by atoms with Gasteiger partial charge in [0.1, 0.15) is 0 Å². The second-order valence-electron chi connectivity index (χ2n) is 4.74. The van der Waals surface area contributed by atoms with Crippen LogP contribution in [0.15, 0.2) is 24.3 Å². The minimum atomic E-state index is -3.42. The molecule has 0 saturated heterocycles. The monoisotopic (exact) mass is 285 g/mol. The maximum Gasteiger partial charge on any atom is 0.340 e. The number of ether oxygens (including phenoxy) is 1. The number of hydrogen-bond acceptors (Lipinski definition) is 4. The van der Waals surface area contributed by atoms with Gasteiger partial charge < -0.3 is 4.74 Å². The molecular formula is C13H19NO4S. The van der Waals surface area contributed by atoms with Crippen LogP contribution in [0.2, 0.25) is 0 Å². The van der Waals surface area contributed by atoms with E-state index in [1.54, 1.807) is 12.1 Å². The molecule has 0 bridgehead atoms. The van der Waals surface area contributed by atoms with Crippen LogP contribution in [-0.2, 0) is 14.8 Å². The summed E-state index contributed by atoms with van der Waals surface area (Å²) < 4.78 is 29.9. The van der Waals surface area contributed by atoms with Crippen LogP contribution in [0.3, 0.4) is 0 Å². The Hall–Kier alpha value is -1.56. The third kappa shape index (κ3) is 5.74. The summed E-state index contributed by atoms with van der Waals surface area (Å²) in [5.74, 6) is -0.0791. The van der Waals surface area contributed by atoms with E-state index in [2.05, 4.69) is 4.72 Å². The zero-order valence-corrected chi connectivity index (χ0v) is 12.2. The van der Waals surface area contributed by atoms with Crippen LogP contribution in [0, 0.1) is 5.92 Å². The van der Waals surface area contributed by atoms with Gasteiger partial charge in [-0.25, -0.2) is 13.2 Å². The molecule has 0 amide bonds. The average Bonchev–Trinajstić information content (AvgIpc) is 2.26. The lowest BCUT2D eigenvalue weighted by Gasteiger charge is -2.11. The summed E-state index contributed by atoms with van der Waals surface area (Å²) in [5, 5.41) is 0. The van der Waals surface area contributed by atoms with Gasteiger partial charge in [-0.05, 0) is 24.5 Å². The van der Waals surface area contributed by atoms with Crippen molar-refractivity contribution in [1.82, 2.24) is 0 Å². The Bertz CT molecular complexity index is 537. The lowest BCUT2D eigenvalue weighted by Crippen LogP contribution is -2.15. The smallest absolute Gasteiger partial charge is 0.340 e. The van der Waals surface area contributed by atoms with E-state index in [-0.39, 0.29) is 11.3 Å². The SMILES string of the molecule is CC(C)CCOC(=O)c1ccccc1NS(C)(=O)=O. The third-order valence-corrected chi connectivity index (χ3v) is 2.96. The minimum absolute atomic E-state index is 0.219. The summed E-state index contributed by atoms with van der Waals surface area (Å²) in [6.07, 6.45) is 1.81. The fourth-order valence-electron chi connectivity index (χ4n) is 1.41. The van der Waals surface area contributed by atoms with Gasteiger partial charge in [0.25, 0.3) is 0 Å². The van der Waals surface area contributed by atoms with Crippen molar-refractivity contribution in [2.75, 3.05) is 17.6 Å². The summed E-state index contributed by atoms with van der Waals surface area (Å²) in [5.41, 5.74) is 0.455. The maximum absolute atomic E-state index is 11.9. The molecule has 0 heterocycles. The molecule has 1 N–H and O–H groups in total. The van der Waals surface area contributed by atoms with Crippen LogP contribution >= 0.6 is 0 Å². The maximum atomic E-state index is 11.9. The number of esters is 1. The first-order valence-electron chi connectivity index (χ1n) is 6.03. The molecule has 1 rings (SSSR count). The fourth-order valence-corrected chi connectivity index (χ4v) is 1.99. The summed E-state index contributed by atoms with van der Waals surface area (Å²) in [6, 6.07) is 6.37. The molecule has 0 aliphatic heterocycles. The molecular weight excluding hydrogens is 266 g/mol. The molecule has 1 aromatic rings. The quantitative estimate of drug-likeness (QED) is 0.814. The first-order chi connectivity index (χ1) is 8.79. The largest absolute Gasteiger partial charge is 0.462 e. The lowest BCUT2D eigenvalue weighted by atomic mass is 10.1. The Balaban J connectivity index is 2.79. The van der Waals surface area contributed by atoms with Crippen molar-refractivity contribution >= 4 is 21.7 Å². The first-order valence-corrected chi connectivity index (χ1v) is 7.92. The van der Waals surface area contributed by atoms with E-state index in [4.69, 9.17) is 4.74 Å². The molecule has 0 aromatic heterocycles. The van der Waals surface area contributed by atoms with Gasteiger partial charge in [-0.3, -0.25) is 4.72 Å². The Kier molecular flexibility index (Phi) is 5.35. The van der Waals surface area contributed by atoms with Crippen LogP contribution in [0.5, 0.6) is 0 Å². The lowest BCUT2D eigenvalue weighted by molar-refractivity contribution is 0.0489. The molecule has 0 saturated carbocycles. The highest BCUT2D eigenvalue weighted by Gasteiger charge is 2.14. The van der Waals surface area contributed by atoms with Crippen molar-refractivity contribution in [3.8, 4) is 0 Å². The molecule has 6 heteroatoms. The Morgan fingerprint density at radius 1 is 1.32 bits per heavy atom. The van der Waals surface area contributed by atoms with Gasteiger partial charge in [0, 0.05) is 0 Å². The van der Waals surface area contributed by atoms with E-state index in [0.717, 1.165) is 12.7 Å². The van der Waals surface area contributed by atoms with Crippen molar-refractivity contribution in [3.05, 3.63) is 29.8 Å². The van der Waals surface area contributed by atoms with Crippen molar-refractivity contribution in [2.24, 2.45) is 5.92 Å². The summed E-state index contributed by atoms with van der Waals surface area (Å²) in [6.45, 7) is 4.39. The molecule has 5 nitrogen and oxygen atoms in total. The number of hydrogen-bond donors (Lipinski definition) is 1. The highest BCUT2D eigenvalue weighted by molar-refractivity contribution is 7.92. The van der Waals surface area contributed by atoms with E-state index in [9.17, 15) is 13.2 Å². The molecule has 0 aliphatic rings.